The smallest absolute Gasteiger partial charge is 0.206 e. The van der Waals surface area contributed by atoms with Crippen LogP contribution in [0, 0.1) is 0 Å². The topological polar surface area (TPSA) is 174 Å². The van der Waals surface area contributed by atoms with E-state index in [9.17, 15) is 25.5 Å². The fourth-order valence-electron chi connectivity index (χ4n) is 1.81. The molecule has 0 amide bonds. The van der Waals surface area contributed by atoms with Crippen LogP contribution in [0.5, 0.6) is 28.9 Å². The van der Waals surface area contributed by atoms with Crippen LogP contribution in [0.4, 0.5) is 0 Å². The van der Waals surface area contributed by atoms with Crippen molar-refractivity contribution >= 4 is 10.9 Å². The van der Waals surface area contributed by atoms with Gasteiger partial charge in [0.2, 0.25) is 11.5 Å². The number of phenolic OH excluding ortho intramolecular Hbond substituents is 4. The van der Waals surface area contributed by atoms with Crippen LogP contribution < -0.4 is 5.73 Å². The second-order valence-corrected chi connectivity index (χ2v) is 3.64. The molecular weight excluding hydrogens is 244 g/mol. The van der Waals surface area contributed by atoms with E-state index in [0.29, 0.717) is 0 Å². The molecule has 10 N–H and O–H groups in total. The van der Waals surface area contributed by atoms with Crippen molar-refractivity contribution in [2.45, 2.75) is 6.42 Å². The van der Waals surface area contributed by atoms with Gasteiger partial charge in [0, 0.05) is 5.56 Å². The average molecular weight is 258 g/mol. The summed E-state index contributed by atoms with van der Waals surface area (Å²) in [6.45, 7) is 0.211. The summed E-state index contributed by atoms with van der Waals surface area (Å²) < 4.78 is 0. The summed E-state index contributed by atoms with van der Waals surface area (Å²) in [5, 5.41) is 47.6. The number of nitrogens with two attached hydrogens (primary N) is 1. The first-order valence-electron chi connectivity index (χ1n) is 4.88. The van der Waals surface area contributed by atoms with E-state index in [0.717, 1.165) is 0 Å². The molecule has 0 spiro atoms. The SMILES string of the molecule is NCCc1c(O)[nH]c2c(O)c(O)c(O)c(O)c12.O. The fraction of sp³-hybridized carbons (Fsp3) is 0.200. The van der Waals surface area contributed by atoms with Gasteiger partial charge in [-0.15, -0.1) is 0 Å². The van der Waals surface area contributed by atoms with Gasteiger partial charge in [0.05, 0.1) is 10.9 Å². The first-order chi connectivity index (χ1) is 7.99. The molecule has 0 radical (unpaired) electrons. The third kappa shape index (κ3) is 1.63. The maximum Gasteiger partial charge on any atom is 0.206 e. The highest BCUT2D eigenvalue weighted by Crippen LogP contribution is 2.50. The number of aromatic nitrogens is 1. The Hall–Kier alpha value is -2.32. The minimum atomic E-state index is -0.851. The third-order valence-electron chi connectivity index (χ3n) is 2.62. The molecule has 2 aromatic rings. The van der Waals surface area contributed by atoms with Crippen molar-refractivity contribution in [2.75, 3.05) is 6.54 Å². The van der Waals surface area contributed by atoms with E-state index in [1.807, 2.05) is 0 Å². The number of fused-ring (bicyclic) bond motifs is 1. The summed E-state index contributed by atoms with van der Waals surface area (Å²) in [6.07, 6.45) is 0.239. The number of rotatable bonds is 2. The lowest BCUT2D eigenvalue weighted by atomic mass is 10.1. The van der Waals surface area contributed by atoms with E-state index < -0.39 is 23.0 Å². The Kier molecular flexibility index (Phi) is 3.44. The first-order valence-corrected chi connectivity index (χ1v) is 4.88. The molecule has 18 heavy (non-hydrogen) atoms. The lowest BCUT2D eigenvalue weighted by Crippen LogP contribution is -2.02. The molecule has 8 nitrogen and oxygen atoms in total. The second kappa shape index (κ2) is 4.51. The van der Waals surface area contributed by atoms with Crippen LogP contribution in [0.3, 0.4) is 0 Å². The molecule has 0 aliphatic carbocycles. The average Bonchev–Trinajstić information content (AvgIpc) is 2.62. The van der Waals surface area contributed by atoms with Crippen molar-refractivity contribution in [3.05, 3.63) is 5.56 Å². The van der Waals surface area contributed by atoms with Crippen molar-refractivity contribution in [1.29, 1.82) is 0 Å². The van der Waals surface area contributed by atoms with Crippen LogP contribution in [0.15, 0.2) is 0 Å². The third-order valence-corrected chi connectivity index (χ3v) is 2.62. The minimum absolute atomic E-state index is 0. The number of aromatic hydroxyl groups is 5. The van der Waals surface area contributed by atoms with Crippen molar-refractivity contribution in [1.82, 2.24) is 4.98 Å². The van der Waals surface area contributed by atoms with E-state index >= 15 is 0 Å². The maximum absolute atomic E-state index is 9.69. The Morgan fingerprint density at radius 3 is 2.00 bits per heavy atom. The van der Waals surface area contributed by atoms with Gasteiger partial charge < -0.3 is 41.7 Å². The molecule has 0 fully saturated rings. The van der Waals surface area contributed by atoms with Crippen molar-refractivity contribution in [3.8, 4) is 28.9 Å². The van der Waals surface area contributed by atoms with E-state index in [1.165, 1.54) is 0 Å². The van der Waals surface area contributed by atoms with Gasteiger partial charge in [-0.1, -0.05) is 0 Å². The molecule has 100 valence electrons. The molecule has 0 bridgehead atoms. The minimum Gasteiger partial charge on any atom is -0.504 e. The zero-order valence-electron chi connectivity index (χ0n) is 9.23. The Balaban J connectivity index is 0.00000162. The number of benzene rings is 1. The molecule has 0 aliphatic heterocycles. The summed E-state index contributed by atoms with van der Waals surface area (Å²) in [6, 6.07) is 0. The Morgan fingerprint density at radius 2 is 1.44 bits per heavy atom. The largest absolute Gasteiger partial charge is 0.504 e. The molecule has 1 aromatic carbocycles. The highest BCUT2D eigenvalue weighted by Gasteiger charge is 2.23. The van der Waals surface area contributed by atoms with Gasteiger partial charge >= 0.3 is 0 Å². The van der Waals surface area contributed by atoms with Crippen molar-refractivity contribution < 1.29 is 31.0 Å². The molecule has 0 unspecified atom stereocenters. The van der Waals surface area contributed by atoms with E-state index in [4.69, 9.17) is 5.73 Å². The molecular formula is C10H14N2O6. The van der Waals surface area contributed by atoms with Gasteiger partial charge in [-0.3, -0.25) is 0 Å². The summed E-state index contributed by atoms with van der Waals surface area (Å²) in [5.41, 5.74) is 5.57. The second-order valence-electron chi connectivity index (χ2n) is 3.64. The lowest BCUT2D eigenvalue weighted by molar-refractivity contribution is 0.350. The summed E-state index contributed by atoms with van der Waals surface area (Å²) in [7, 11) is 0. The van der Waals surface area contributed by atoms with Gasteiger partial charge in [0.1, 0.15) is 0 Å². The Labute approximate surface area is 101 Å². The van der Waals surface area contributed by atoms with Crippen LogP contribution >= 0.6 is 0 Å². The number of nitrogens with one attached hydrogen (secondary N) is 1. The number of hydrogen-bond donors (Lipinski definition) is 7. The van der Waals surface area contributed by atoms with E-state index in [1.54, 1.807) is 0 Å². The highest BCUT2D eigenvalue weighted by atomic mass is 16.3. The van der Waals surface area contributed by atoms with Gasteiger partial charge in [0.25, 0.3) is 0 Å². The zero-order valence-corrected chi connectivity index (χ0v) is 9.23. The lowest BCUT2D eigenvalue weighted by Gasteiger charge is -2.06. The quantitative estimate of drug-likeness (QED) is 0.279. The van der Waals surface area contributed by atoms with Crippen LogP contribution in [0.25, 0.3) is 10.9 Å². The van der Waals surface area contributed by atoms with Crippen LogP contribution in [-0.2, 0) is 6.42 Å². The zero-order chi connectivity index (χ0) is 12.7. The molecule has 1 heterocycles. The monoisotopic (exact) mass is 258 g/mol. The molecule has 0 saturated carbocycles. The number of hydrogen-bond acceptors (Lipinski definition) is 6. The highest BCUT2D eigenvalue weighted by molar-refractivity contribution is 5.99. The summed E-state index contributed by atoms with van der Waals surface area (Å²) >= 11 is 0. The molecule has 0 aliphatic rings. The standard InChI is InChI=1S/C10H12N2O5.H2O/c11-2-1-3-4-5(12-10(3)17)7(14)9(16)8(15)6(4)13;/h12-17H,1-2,11H2;1H2. The van der Waals surface area contributed by atoms with Gasteiger partial charge in [0.15, 0.2) is 17.4 Å². The van der Waals surface area contributed by atoms with Crippen molar-refractivity contribution in [2.24, 2.45) is 5.73 Å². The Bertz CT molecular complexity index is 592. The molecule has 2 rings (SSSR count). The molecule has 0 saturated heterocycles. The summed E-state index contributed by atoms with van der Waals surface area (Å²) in [5.74, 6) is -3.23. The van der Waals surface area contributed by atoms with E-state index in [2.05, 4.69) is 4.98 Å². The van der Waals surface area contributed by atoms with E-state index in [-0.39, 0.29) is 40.8 Å². The maximum atomic E-state index is 9.69. The number of phenols is 4. The molecule has 8 heteroatoms. The predicted octanol–water partition coefficient (Wildman–Crippen LogP) is -0.628. The first kappa shape index (κ1) is 13.7. The van der Waals surface area contributed by atoms with Gasteiger partial charge in [-0.2, -0.15) is 0 Å². The fourth-order valence-corrected chi connectivity index (χ4v) is 1.81. The molecule has 0 atom stereocenters. The van der Waals surface area contributed by atoms with Crippen LogP contribution in [0.1, 0.15) is 5.56 Å². The summed E-state index contributed by atoms with van der Waals surface area (Å²) in [4.78, 5) is 2.41. The number of H-pyrrole nitrogens is 1. The van der Waals surface area contributed by atoms with Crippen molar-refractivity contribution in [3.63, 3.8) is 0 Å². The predicted molar refractivity (Wildman–Crippen MR) is 63.0 cm³/mol. The van der Waals surface area contributed by atoms with Gasteiger partial charge in [-0.25, -0.2) is 0 Å². The Morgan fingerprint density at radius 1 is 0.889 bits per heavy atom. The van der Waals surface area contributed by atoms with Crippen LogP contribution in [0.2, 0.25) is 0 Å². The number of aromatic amines is 1. The molecule has 1 aromatic heterocycles. The normalized spacial score (nSPS) is 10.5. The van der Waals surface area contributed by atoms with Crippen LogP contribution in [-0.4, -0.2) is 42.5 Å². The van der Waals surface area contributed by atoms with Gasteiger partial charge in [-0.05, 0) is 13.0 Å².